The summed E-state index contributed by atoms with van der Waals surface area (Å²) >= 11 is 0. The minimum atomic E-state index is -0.485. The first kappa shape index (κ1) is 13.7. The maximum Gasteiger partial charge on any atom is 0.231 e. The molecule has 1 aromatic carbocycles. The van der Waals surface area contributed by atoms with Crippen LogP contribution in [0.4, 0.5) is 10.1 Å². The molecule has 1 aromatic heterocycles. The number of rotatable bonds is 4. The van der Waals surface area contributed by atoms with Gasteiger partial charge in [-0.05, 0) is 31.0 Å². The van der Waals surface area contributed by atoms with E-state index in [0.717, 1.165) is 19.3 Å². The van der Waals surface area contributed by atoms with Gasteiger partial charge in [0.2, 0.25) is 5.91 Å². The number of aromatic nitrogens is 3. The number of nitrogens with one attached hydrogen (secondary N) is 1. The SMILES string of the molecule is NCC1(C(=O)Nc2ccc(-n3cncn3)c(F)c2)CCC1. The van der Waals surface area contributed by atoms with Crippen molar-refractivity contribution in [2.45, 2.75) is 19.3 Å². The highest BCUT2D eigenvalue weighted by Crippen LogP contribution is 2.40. The molecule has 0 bridgehead atoms. The van der Waals surface area contributed by atoms with Gasteiger partial charge in [-0.15, -0.1) is 0 Å². The van der Waals surface area contributed by atoms with Gasteiger partial charge in [-0.3, -0.25) is 4.79 Å². The van der Waals surface area contributed by atoms with Gasteiger partial charge in [-0.1, -0.05) is 6.42 Å². The molecule has 1 fully saturated rings. The fourth-order valence-electron chi connectivity index (χ4n) is 2.49. The molecule has 7 heteroatoms. The number of halogens is 1. The number of anilines is 1. The molecule has 2 aromatic rings. The van der Waals surface area contributed by atoms with Crippen LogP contribution < -0.4 is 11.1 Å². The van der Waals surface area contributed by atoms with Gasteiger partial charge >= 0.3 is 0 Å². The van der Waals surface area contributed by atoms with Crippen molar-refractivity contribution in [2.24, 2.45) is 11.1 Å². The molecule has 21 heavy (non-hydrogen) atoms. The molecule has 1 heterocycles. The lowest BCUT2D eigenvalue weighted by atomic mass is 9.68. The Hall–Kier alpha value is -2.28. The summed E-state index contributed by atoms with van der Waals surface area (Å²) < 4.78 is 15.4. The second-order valence-corrected chi connectivity index (χ2v) is 5.30. The van der Waals surface area contributed by atoms with Gasteiger partial charge in [0, 0.05) is 12.2 Å². The van der Waals surface area contributed by atoms with Crippen LogP contribution in [0.15, 0.2) is 30.9 Å². The molecule has 0 atom stereocenters. The molecule has 1 saturated carbocycles. The Balaban J connectivity index is 1.78. The third-order valence-corrected chi connectivity index (χ3v) is 4.05. The van der Waals surface area contributed by atoms with E-state index >= 15 is 0 Å². The second kappa shape index (κ2) is 5.25. The van der Waals surface area contributed by atoms with E-state index in [1.54, 1.807) is 12.1 Å². The lowest BCUT2D eigenvalue weighted by Gasteiger charge is -2.39. The maximum atomic E-state index is 14.1. The Bertz CT molecular complexity index is 646. The van der Waals surface area contributed by atoms with Crippen LogP contribution >= 0.6 is 0 Å². The third-order valence-electron chi connectivity index (χ3n) is 4.05. The van der Waals surface area contributed by atoms with Crippen LogP contribution in [-0.2, 0) is 4.79 Å². The van der Waals surface area contributed by atoms with E-state index < -0.39 is 11.2 Å². The van der Waals surface area contributed by atoms with E-state index in [9.17, 15) is 9.18 Å². The number of benzene rings is 1. The third kappa shape index (κ3) is 2.40. The van der Waals surface area contributed by atoms with E-state index in [1.807, 2.05) is 0 Å². The van der Waals surface area contributed by atoms with Crippen molar-refractivity contribution < 1.29 is 9.18 Å². The zero-order valence-electron chi connectivity index (χ0n) is 11.4. The highest BCUT2D eigenvalue weighted by molar-refractivity contribution is 5.96. The quantitative estimate of drug-likeness (QED) is 0.892. The monoisotopic (exact) mass is 289 g/mol. The van der Waals surface area contributed by atoms with E-state index in [-0.39, 0.29) is 11.6 Å². The fourth-order valence-corrected chi connectivity index (χ4v) is 2.49. The molecule has 6 nitrogen and oxygen atoms in total. The number of carbonyl (C=O) groups excluding carboxylic acids is 1. The predicted octanol–water partition coefficient (Wildman–Crippen LogP) is 1.47. The first-order valence-electron chi connectivity index (χ1n) is 6.81. The lowest BCUT2D eigenvalue weighted by molar-refractivity contribution is -0.129. The summed E-state index contributed by atoms with van der Waals surface area (Å²) in [6.45, 7) is 0.318. The van der Waals surface area contributed by atoms with Crippen LogP contribution in [0, 0.1) is 11.2 Å². The Morgan fingerprint density at radius 3 is 2.81 bits per heavy atom. The molecule has 1 amide bonds. The van der Waals surface area contributed by atoms with E-state index in [4.69, 9.17) is 5.73 Å². The average Bonchev–Trinajstić information content (AvgIpc) is 2.92. The molecule has 0 saturated heterocycles. The van der Waals surface area contributed by atoms with Crippen LogP contribution in [0.1, 0.15) is 19.3 Å². The molecule has 0 unspecified atom stereocenters. The summed E-state index contributed by atoms with van der Waals surface area (Å²) in [5.74, 6) is -0.613. The van der Waals surface area contributed by atoms with E-state index in [0.29, 0.717) is 12.2 Å². The summed E-state index contributed by atoms with van der Waals surface area (Å²) in [5, 5.41) is 6.62. The molecule has 1 aliphatic carbocycles. The number of nitrogens with two attached hydrogens (primary N) is 1. The zero-order valence-corrected chi connectivity index (χ0v) is 11.4. The average molecular weight is 289 g/mol. The van der Waals surface area contributed by atoms with Crippen LogP contribution in [0.25, 0.3) is 5.69 Å². The van der Waals surface area contributed by atoms with Crippen molar-refractivity contribution in [3.8, 4) is 5.69 Å². The molecular weight excluding hydrogens is 273 g/mol. The fraction of sp³-hybridized carbons (Fsp3) is 0.357. The van der Waals surface area contributed by atoms with Gasteiger partial charge in [0.1, 0.15) is 18.3 Å². The second-order valence-electron chi connectivity index (χ2n) is 5.30. The molecule has 0 radical (unpaired) electrons. The van der Waals surface area contributed by atoms with Gasteiger partial charge < -0.3 is 11.1 Å². The van der Waals surface area contributed by atoms with Crippen molar-refractivity contribution in [3.05, 3.63) is 36.7 Å². The van der Waals surface area contributed by atoms with Crippen LogP contribution in [0.5, 0.6) is 0 Å². The maximum absolute atomic E-state index is 14.1. The van der Waals surface area contributed by atoms with Crippen LogP contribution in [0.2, 0.25) is 0 Å². The van der Waals surface area contributed by atoms with Crippen molar-refractivity contribution in [1.82, 2.24) is 14.8 Å². The Morgan fingerprint density at radius 2 is 2.29 bits per heavy atom. The van der Waals surface area contributed by atoms with Gasteiger partial charge in [0.15, 0.2) is 5.82 Å². The van der Waals surface area contributed by atoms with E-state index in [2.05, 4.69) is 15.4 Å². The molecule has 110 valence electrons. The summed E-state index contributed by atoms with van der Waals surface area (Å²) in [6, 6.07) is 4.47. The van der Waals surface area contributed by atoms with Crippen LogP contribution in [0.3, 0.4) is 0 Å². The Kier molecular flexibility index (Phi) is 3.42. The summed E-state index contributed by atoms with van der Waals surface area (Å²) in [5.41, 5.74) is 5.90. The zero-order chi connectivity index (χ0) is 14.9. The summed E-state index contributed by atoms with van der Waals surface area (Å²) in [4.78, 5) is 16.0. The van der Waals surface area contributed by atoms with Gasteiger partial charge in [-0.25, -0.2) is 14.1 Å². The molecule has 3 N–H and O–H groups in total. The van der Waals surface area contributed by atoms with Gasteiger partial charge in [0.05, 0.1) is 5.41 Å². The highest BCUT2D eigenvalue weighted by atomic mass is 19.1. The number of hydrogen-bond acceptors (Lipinski definition) is 4. The first-order chi connectivity index (χ1) is 10.1. The normalized spacial score (nSPS) is 16.3. The minimum absolute atomic E-state index is 0.135. The van der Waals surface area contributed by atoms with Crippen molar-refractivity contribution >= 4 is 11.6 Å². The number of amides is 1. The lowest BCUT2D eigenvalue weighted by Crippen LogP contribution is -2.47. The number of hydrogen-bond donors (Lipinski definition) is 2. The number of carbonyl (C=O) groups is 1. The Morgan fingerprint density at radius 1 is 1.48 bits per heavy atom. The largest absolute Gasteiger partial charge is 0.329 e. The highest BCUT2D eigenvalue weighted by Gasteiger charge is 2.42. The predicted molar refractivity (Wildman–Crippen MR) is 75.3 cm³/mol. The topological polar surface area (TPSA) is 85.8 Å². The summed E-state index contributed by atoms with van der Waals surface area (Å²) in [7, 11) is 0. The van der Waals surface area contributed by atoms with Crippen LogP contribution in [-0.4, -0.2) is 27.2 Å². The minimum Gasteiger partial charge on any atom is -0.329 e. The van der Waals surface area contributed by atoms with Crippen molar-refractivity contribution in [1.29, 1.82) is 0 Å². The molecule has 3 rings (SSSR count). The number of nitrogens with zero attached hydrogens (tertiary/aromatic N) is 3. The standard InChI is InChI=1S/C14H16FN5O/c15-11-6-10(2-3-12(11)20-9-17-8-18-20)19-13(21)14(7-16)4-1-5-14/h2-3,6,8-9H,1,4-5,7,16H2,(H,19,21). The molecule has 1 aliphatic rings. The van der Waals surface area contributed by atoms with Gasteiger partial charge in [0.25, 0.3) is 0 Å². The Labute approximate surface area is 121 Å². The van der Waals surface area contributed by atoms with Gasteiger partial charge in [-0.2, -0.15) is 5.10 Å². The molecular formula is C14H16FN5O. The van der Waals surface area contributed by atoms with E-state index in [1.165, 1.54) is 23.4 Å². The first-order valence-corrected chi connectivity index (χ1v) is 6.81. The van der Waals surface area contributed by atoms with Crippen molar-refractivity contribution in [2.75, 3.05) is 11.9 Å². The smallest absolute Gasteiger partial charge is 0.231 e. The molecule has 0 spiro atoms. The molecule has 0 aliphatic heterocycles. The van der Waals surface area contributed by atoms with Crippen molar-refractivity contribution in [3.63, 3.8) is 0 Å². The summed E-state index contributed by atoms with van der Waals surface area (Å²) in [6.07, 6.45) is 5.32.